The van der Waals surface area contributed by atoms with E-state index < -0.39 is 15.4 Å². The molecule has 6 heteroatoms. The Kier molecular flexibility index (Phi) is 3.53. The van der Waals surface area contributed by atoms with Crippen molar-refractivity contribution in [2.24, 2.45) is 0 Å². The van der Waals surface area contributed by atoms with Crippen LogP contribution in [0.3, 0.4) is 0 Å². The smallest absolute Gasteiger partial charge is 0.236 e. The molecule has 0 bridgehead atoms. The van der Waals surface area contributed by atoms with Crippen molar-refractivity contribution >= 4 is 21.6 Å². The minimum Gasteiger partial charge on any atom is -0.325 e. The normalized spacial score (nSPS) is 25.3. The number of rotatable bonds is 4. The highest BCUT2D eigenvalue weighted by Gasteiger charge is 2.52. The molecule has 0 saturated carbocycles. The molecule has 0 unspecified atom stereocenters. The Bertz CT molecular complexity index is 671. The lowest BCUT2D eigenvalue weighted by Gasteiger charge is -2.22. The molecule has 1 atom stereocenters. The van der Waals surface area contributed by atoms with Gasteiger partial charge in [0.25, 0.3) is 0 Å². The highest BCUT2D eigenvalue weighted by atomic mass is 32.2. The van der Waals surface area contributed by atoms with Crippen LogP contribution >= 0.6 is 0 Å². The Balaban J connectivity index is 1.89. The second-order valence-corrected chi connectivity index (χ2v) is 7.92. The number of hydrogen-bond donors (Lipinski definition) is 1. The summed E-state index contributed by atoms with van der Waals surface area (Å²) < 4.78 is 26.2. The van der Waals surface area contributed by atoms with Gasteiger partial charge in [0.2, 0.25) is 15.9 Å². The number of carbonyl (C=O) groups is 1. The summed E-state index contributed by atoms with van der Waals surface area (Å²) in [5.41, 5.74) is 1.05. The molecule has 0 radical (unpaired) electrons. The zero-order valence-corrected chi connectivity index (χ0v) is 12.9. The van der Waals surface area contributed by atoms with Gasteiger partial charge in [-0.05, 0) is 24.5 Å². The topological polar surface area (TPSA) is 66.5 Å². The molecule has 1 N–H and O–H groups in total. The van der Waals surface area contributed by atoms with Crippen LogP contribution in [0.4, 0.5) is 5.69 Å². The summed E-state index contributed by atoms with van der Waals surface area (Å²) >= 11 is 0. The first-order valence-corrected chi connectivity index (χ1v) is 8.99. The van der Waals surface area contributed by atoms with Gasteiger partial charge in [-0.25, -0.2) is 12.7 Å². The van der Waals surface area contributed by atoms with Crippen LogP contribution < -0.4 is 5.32 Å². The quantitative estimate of drug-likeness (QED) is 0.921. The van der Waals surface area contributed by atoms with Crippen LogP contribution in [0.1, 0.15) is 31.7 Å². The van der Waals surface area contributed by atoms with Crippen LogP contribution in [0.15, 0.2) is 24.3 Å². The molecule has 1 fully saturated rings. The third-order valence-corrected chi connectivity index (χ3v) is 6.41. The predicted octanol–water partition coefficient (Wildman–Crippen LogP) is 1.71. The minimum atomic E-state index is -3.26. The van der Waals surface area contributed by atoms with Gasteiger partial charge in [-0.2, -0.15) is 0 Å². The average molecular weight is 308 g/mol. The molecule has 1 spiro atoms. The lowest BCUT2D eigenvalue weighted by Crippen LogP contribution is -2.39. The number of anilines is 1. The van der Waals surface area contributed by atoms with E-state index in [0.29, 0.717) is 19.4 Å². The van der Waals surface area contributed by atoms with Gasteiger partial charge < -0.3 is 5.32 Å². The maximum Gasteiger partial charge on any atom is 0.236 e. The van der Waals surface area contributed by atoms with Crippen LogP contribution in [0, 0.1) is 0 Å². The monoisotopic (exact) mass is 308 g/mol. The van der Waals surface area contributed by atoms with E-state index in [1.54, 1.807) is 0 Å². The van der Waals surface area contributed by atoms with Gasteiger partial charge in [-0.15, -0.1) is 0 Å². The lowest BCUT2D eigenvalue weighted by molar-refractivity contribution is -0.120. The highest BCUT2D eigenvalue weighted by Crippen LogP contribution is 2.44. The molecule has 3 rings (SSSR count). The summed E-state index contributed by atoms with van der Waals surface area (Å²) in [6.45, 7) is 2.66. The zero-order valence-electron chi connectivity index (χ0n) is 12.1. The largest absolute Gasteiger partial charge is 0.325 e. The summed E-state index contributed by atoms with van der Waals surface area (Å²) in [7, 11) is -3.26. The Hall–Kier alpha value is -1.40. The molecule has 0 aliphatic carbocycles. The van der Waals surface area contributed by atoms with E-state index in [1.165, 1.54) is 4.31 Å². The molecule has 2 heterocycles. The lowest BCUT2D eigenvalue weighted by atomic mass is 9.81. The number of nitrogens with zero attached hydrogens (tertiary/aromatic N) is 1. The van der Waals surface area contributed by atoms with E-state index in [-0.39, 0.29) is 18.2 Å². The SMILES string of the molecule is CCCCS(=O)(=O)N1CC[C@]2(C1)C(=O)Nc1ccccc12. The first kappa shape index (κ1) is 14.5. The second-order valence-electron chi connectivity index (χ2n) is 5.83. The van der Waals surface area contributed by atoms with Crippen molar-refractivity contribution in [1.82, 2.24) is 4.31 Å². The minimum absolute atomic E-state index is 0.0723. The number of hydrogen-bond acceptors (Lipinski definition) is 3. The fraction of sp³-hybridized carbons (Fsp3) is 0.533. The van der Waals surface area contributed by atoms with Gasteiger partial charge in [0.1, 0.15) is 0 Å². The molecule has 5 nitrogen and oxygen atoms in total. The van der Waals surface area contributed by atoms with Crippen LogP contribution in [0.25, 0.3) is 0 Å². The van der Waals surface area contributed by atoms with Crippen molar-refractivity contribution in [2.45, 2.75) is 31.6 Å². The molecule has 0 aromatic heterocycles. The molecule has 2 aliphatic rings. The summed E-state index contributed by atoms with van der Waals surface area (Å²) in [6.07, 6.45) is 2.07. The molecule has 21 heavy (non-hydrogen) atoms. The number of fused-ring (bicyclic) bond motifs is 2. The fourth-order valence-corrected chi connectivity index (χ4v) is 4.95. The third kappa shape index (κ3) is 2.26. The number of unbranched alkanes of at least 4 members (excludes halogenated alkanes) is 1. The number of nitrogens with one attached hydrogen (secondary N) is 1. The second kappa shape index (κ2) is 5.10. The van der Waals surface area contributed by atoms with E-state index in [0.717, 1.165) is 17.7 Å². The standard InChI is InChI=1S/C15H20N2O3S/c1-2-3-10-21(19,20)17-9-8-15(11-17)12-6-4-5-7-13(12)16-14(15)18/h4-7H,2-3,8-11H2,1H3,(H,16,18)/t15-/m1/s1. The van der Waals surface area contributed by atoms with Crippen LogP contribution in [0.2, 0.25) is 0 Å². The zero-order chi connectivity index (χ0) is 15.1. The van der Waals surface area contributed by atoms with Crippen molar-refractivity contribution in [2.75, 3.05) is 24.2 Å². The maximum absolute atomic E-state index is 12.4. The van der Waals surface area contributed by atoms with E-state index in [1.807, 2.05) is 31.2 Å². The molecule has 2 aliphatic heterocycles. The maximum atomic E-state index is 12.4. The summed E-state index contributed by atoms with van der Waals surface area (Å²) in [5.74, 6) is 0.0972. The van der Waals surface area contributed by atoms with Crippen LogP contribution in [0.5, 0.6) is 0 Å². The van der Waals surface area contributed by atoms with Gasteiger partial charge in [0.15, 0.2) is 0 Å². The Morgan fingerprint density at radius 3 is 2.86 bits per heavy atom. The van der Waals surface area contributed by atoms with Gasteiger partial charge in [-0.1, -0.05) is 31.5 Å². The number of sulfonamides is 1. The molecule has 1 aromatic carbocycles. The third-order valence-electron chi connectivity index (χ3n) is 4.51. The van der Waals surface area contributed by atoms with Crippen molar-refractivity contribution in [1.29, 1.82) is 0 Å². The van der Waals surface area contributed by atoms with Crippen molar-refractivity contribution < 1.29 is 13.2 Å². The van der Waals surface area contributed by atoms with Crippen LogP contribution in [-0.2, 0) is 20.2 Å². The molecule has 1 amide bonds. The van der Waals surface area contributed by atoms with Crippen molar-refractivity contribution in [3.63, 3.8) is 0 Å². The summed E-state index contributed by atoms with van der Waals surface area (Å²) in [4.78, 5) is 12.4. The molecule has 1 saturated heterocycles. The number of carbonyl (C=O) groups excluding carboxylic acids is 1. The Labute approximate surface area is 125 Å². The average Bonchev–Trinajstić information content (AvgIpc) is 3.03. The predicted molar refractivity (Wildman–Crippen MR) is 81.6 cm³/mol. The molecular weight excluding hydrogens is 288 g/mol. The first-order valence-electron chi connectivity index (χ1n) is 7.38. The van der Waals surface area contributed by atoms with Crippen molar-refractivity contribution in [3.05, 3.63) is 29.8 Å². The fourth-order valence-electron chi connectivity index (χ4n) is 3.25. The van der Waals surface area contributed by atoms with Crippen molar-refractivity contribution in [3.8, 4) is 0 Å². The van der Waals surface area contributed by atoms with Gasteiger partial charge >= 0.3 is 0 Å². The van der Waals surface area contributed by atoms with Gasteiger partial charge in [0, 0.05) is 18.8 Å². The van der Waals surface area contributed by atoms with Gasteiger partial charge in [0.05, 0.1) is 11.2 Å². The Morgan fingerprint density at radius 2 is 2.10 bits per heavy atom. The molecule has 1 aromatic rings. The number of benzene rings is 1. The van der Waals surface area contributed by atoms with Crippen LogP contribution in [-0.4, -0.2) is 37.5 Å². The number of para-hydroxylation sites is 1. The Morgan fingerprint density at radius 1 is 1.33 bits per heavy atom. The van der Waals surface area contributed by atoms with E-state index in [4.69, 9.17) is 0 Å². The van der Waals surface area contributed by atoms with E-state index >= 15 is 0 Å². The molecule has 114 valence electrons. The number of amides is 1. The summed E-state index contributed by atoms with van der Waals surface area (Å²) in [6, 6.07) is 7.57. The highest BCUT2D eigenvalue weighted by molar-refractivity contribution is 7.89. The first-order chi connectivity index (χ1) is 9.99. The summed E-state index contributed by atoms with van der Waals surface area (Å²) in [5, 5.41) is 2.88. The van der Waals surface area contributed by atoms with E-state index in [9.17, 15) is 13.2 Å². The van der Waals surface area contributed by atoms with E-state index in [2.05, 4.69) is 5.32 Å². The van der Waals surface area contributed by atoms with Gasteiger partial charge in [-0.3, -0.25) is 4.79 Å². The molecular formula is C15H20N2O3S.